The average molecular weight is 296 g/mol. The quantitative estimate of drug-likeness (QED) is 0.829. The molecule has 0 amide bonds. The number of nitrogens with one attached hydrogen (secondary N) is 1. The third-order valence-electron chi connectivity index (χ3n) is 4.10. The van der Waals surface area contributed by atoms with Gasteiger partial charge in [-0.05, 0) is 30.4 Å². The van der Waals surface area contributed by atoms with Crippen molar-refractivity contribution in [2.45, 2.75) is 32.1 Å². The molecule has 3 rings (SSSR count). The predicted molar refractivity (Wildman–Crippen MR) is 80.3 cm³/mol. The maximum Gasteiger partial charge on any atom is 0.161 e. The molecule has 1 saturated carbocycles. The van der Waals surface area contributed by atoms with Crippen LogP contribution < -0.4 is 5.32 Å². The van der Waals surface area contributed by atoms with E-state index in [1.807, 2.05) is 0 Å². The Labute approximate surface area is 122 Å². The summed E-state index contributed by atoms with van der Waals surface area (Å²) in [7, 11) is 0. The Kier molecular flexibility index (Phi) is 3.96. The summed E-state index contributed by atoms with van der Waals surface area (Å²) in [5.74, 6) is -0.0910. The molecule has 1 fully saturated rings. The first-order chi connectivity index (χ1) is 9.65. The smallest absolute Gasteiger partial charge is 0.161 e. The number of benzene rings is 1. The lowest BCUT2D eigenvalue weighted by Crippen LogP contribution is -2.35. The van der Waals surface area contributed by atoms with Crippen LogP contribution in [0, 0.1) is 17.0 Å². The lowest BCUT2D eigenvalue weighted by molar-refractivity contribution is 0.232. The summed E-state index contributed by atoms with van der Waals surface area (Å²) < 4.78 is 26.3. The minimum Gasteiger partial charge on any atom is -0.335 e. The minimum atomic E-state index is -0.572. The molecular weight excluding hydrogens is 278 g/mol. The first kappa shape index (κ1) is 13.9. The van der Waals surface area contributed by atoms with Crippen molar-refractivity contribution in [1.82, 2.24) is 0 Å². The predicted octanol–water partition coefficient (Wildman–Crippen LogP) is 4.43. The van der Waals surface area contributed by atoms with Crippen molar-refractivity contribution < 1.29 is 8.78 Å². The van der Waals surface area contributed by atoms with Gasteiger partial charge < -0.3 is 5.32 Å². The van der Waals surface area contributed by atoms with Gasteiger partial charge in [-0.2, -0.15) is 0 Å². The van der Waals surface area contributed by atoms with Crippen molar-refractivity contribution in [3.63, 3.8) is 0 Å². The van der Waals surface area contributed by atoms with Crippen molar-refractivity contribution >= 4 is 22.6 Å². The minimum absolute atomic E-state index is 0.362. The second kappa shape index (κ2) is 5.72. The number of anilines is 1. The molecular formula is C15H18F2N2S. The van der Waals surface area contributed by atoms with E-state index in [4.69, 9.17) is 0 Å². The second-order valence-corrected chi connectivity index (χ2v) is 6.72. The van der Waals surface area contributed by atoms with Crippen molar-refractivity contribution in [3.8, 4) is 0 Å². The van der Waals surface area contributed by atoms with Gasteiger partial charge in [0.05, 0.1) is 0 Å². The van der Waals surface area contributed by atoms with Crippen LogP contribution in [0.25, 0.3) is 0 Å². The van der Waals surface area contributed by atoms with E-state index >= 15 is 0 Å². The molecule has 1 spiro atoms. The van der Waals surface area contributed by atoms with Crippen molar-refractivity contribution in [2.24, 2.45) is 10.4 Å². The van der Waals surface area contributed by atoms with Gasteiger partial charge in [0.15, 0.2) is 5.17 Å². The highest BCUT2D eigenvalue weighted by molar-refractivity contribution is 8.14. The molecule has 5 heteroatoms. The van der Waals surface area contributed by atoms with E-state index in [1.165, 1.54) is 44.2 Å². The lowest BCUT2D eigenvalue weighted by Gasteiger charge is -2.38. The number of thioether (sulfide) groups is 1. The van der Waals surface area contributed by atoms with Crippen LogP contribution in [0.3, 0.4) is 0 Å². The monoisotopic (exact) mass is 296 g/mol. The Hall–Kier alpha value is -1.10. The van der Waals surface area contributed by atoms with Gasteiger partial charge in [-0.3, -0.25) is 4.99 Å². The number of nitrogens with zero attached hydrogens (tertiary/aromatic N) is 1. The standard InChI is InChI=1S/C15H18F2N2S/c16-11-6-12(17)8-13(7-11)19-14-18-9-15(10-20-14)4-2-1-3-5-15/h6-8H,1-5,9-10H2,(H,18,19). The van der Waals surface area contributed by atoms with E-state index in [2.05, 4.69) is 10.3 Å². The van der Waals surface area contributed by atoms with Crippen LogP contribution in [0.15, 0.2) is 23.2 Å². The Morgan fingerprint density at radius 2 is 1.75 bits per heavy atom. The average Bonchev–Trinajstić information content (AvgIpc) is 2.42. The Balaban J connectivity index is 1.67. The number of amidine groups is 1. The highest BCUT2D eigenvalue weighted by Crippen LogP contribution is 2.41. The molecule has 1 aliphatic carbocycles. The van der Waals surface area contributed by atoms with Crippen LogP contribution in [0.1, 0.15) is 32.1 Å². The maximum absolute atomic E-state index is 13.1. The molecule has 1 heterocycles. The molecule has 1 aromatic rings. The zero-order valence-corrected chi connectivity index (χ0v) is 12.1. The number of hydrogen-bond acceptors (Lipinski definition) is 3. The van der Waals surface area contributed by atoms with Gasteiger partial charge in [0.25, 0.3) is 0 Å². The van der Waals surface area contributed by atoms with E-state index in [-0.39, 0.29) is 0 Å². The van der Waals surface area contributed by atoms with Gasteiger partial charge >= 0.3 is 0 Å². The molecule has 2 nitrogen and oxygen atoms in total. The van der Waals surface area contributed by atoms with Crippen LogP contribution in [-0.4, -0.2) is 17.5 Å². The fourth-order valence-electron chi connectivity index (χ4n) is 2.98. The SMILES string of the molecule is Fc1cc(F)cc(NC2=NCC3(CCCCC3)CS2)c1. The summed E-state index contributed by atoms with van der Waals surface area (Å²) >= 11 is 1.67. The molecule has 0 saturated heterocycles. The first-order valence-corrected chi connectivity index (χ1v) is 8.04. The Morgan fingerprint density at radius 3 is 2.35 bits per heavy atom. The summed E-state index contributed by atoms with van der Waals surface area (Å²) in [6.45, 7) is 0.833. The highest BCUT2D eigenvalue weighted by Gasteiger charge is 2.34. The molecule has 108 valence electrons. The van der Waals surface area contributed by atoms with E-state index in [1.54, 1.807) is 11.8 Å². The number of hydrogen-bond donors (Lipinski definition) is 1. The van der Waals surface area contributed by atoms with Crippen LogP contribution in [0.5, 0.6) is 0 Å². The molecule has 20 heavy (non-hydrogen) atoms. The third-order valence-corrected chi connectivity index (χ3v) is 5.36. The summed E-state index contributed by atoms with van der Waals surface area (Å²) in [5.41, 5.74) is 0.787. The fourth-order valence-corrected chi connectivity index (χ4v) is 4.15. The Morgan fingerprint density at radius 1 is 1.05 bits per heavy atom. The normalized spacial score (nSPS) is 21.6. The van der Waals surface area contributed by atoms with Crippen LogP contribution in [-0.2, 0) is 0 Å². The van der Waals surface area contributed by atoms with Gasteiger partial charge in [0.1, 0.15) is 11.6 Å². The molecule has 1 N–H and O–H groups in total. The van der Waals surface area contributed by atoms with Crippen molar-refractivity contribution in [2.75, 3.05) is 17.6 Å². The van der Waals surface area contributed by atoms with Gasteiger partial charge in [0, 0.05) is 24.1 Å². The molecule has 0 aromatic heterocycles. The van der Waals surface area contributed by atoms with Crippen LogP contribution in [0.4, 0.5) is 14.5 Å². The van der Waals surface area contributed by atoms with Crippen LogP contribution >= 0.6 is 11.8 Å². The topological polar surface area (TPSA) is 24.4 Å². The number of aliphatic imine (C=N–C) groups is 1. The molecule has 0 radical (unpaired) electrons. The van der Waals surface area contributed by atoms with Crippen LogP contribution in [0.2, 0.25) is 0 Å². The fraction of sp³-hybridized carbons (Fsp3) is 0.533. The molecule has 0 atom stereocenters. The third kappa shape index (κ3) is 3.14. The summed E-state index contributed by atoms with van der Waals surface area (Å²) in [5, 5.41) is 3.79. The van der Waals surface area contributed by atoms with E-state index in [0.717, 1.165) is 23.5 Å². The van der Waals surface area contributed by atoms with E-state index in [9.17, 15) is 8.78 Å². The van der Waals surface area contributed by atoms with E-state index < -0.39 is 11.6 Å². The second-order valence-electron chi connectivity index (χ2n) is 5.75. The molecule has 0 bridgehead atoms. The molecule has 1 aliphatic heterocycles. The van der Waals surface area contributed by atoms with Gasteiger partial charge in [0.2, 0.25) is 0 Å². The first-order valence-electron chi connectivity index (χ1n) is 7.06. The number of halogens is 2. The largest absolute Gasteiger partial charge is 0.335 e. The van der Waals surface area contributed by atoms with Gasteiger partial charge in [-0.25, -0.2) is 8.78 Å². The summed E-state index contributed by atoms with van der Waals surface area (Å²) in [6, 6.07) is 3.45. The summed E-state index contributed by atoms with van der Waals surface area (Å²) in [6.07, 6.45) is 6.45. The summed E-state index contributed by atoms with van der Waals surface area (Å²) in [4.78, 5) is 4.58. The van der Waals surface area contributed by atoms with Crippen molar-refractivity contribution in [3.05, 3.63) is 29.8 Å². The lowest BCUT2D eigenvalue weighted by atomic mass is 9.75. The zero-order chi connectivity index (χ0) is 14.0. The Bertz CT molecular complexity index is 504. The van der Waals surface area contributed by atoms with E-state index in [0.29, 0.717) is 11.1 Å². The maximum atomic E-state index is 13.1. The highest BCUT2D eigenvalue weighted by atomic mass is 32.2. The molecule has 1 aromatic carbocycles. The molecule has 0 unspecified atom stereocenters. The van der Waals surface area contributed by atoms with Gasteiger partial charge in [-0.1, -0.05) is 31.0 Å². The van der Waals surface area contributed by atoms with Crippen molar-refractivity contribution in [1.29, 1.82) is 0 Å². The molecule has 2 aliphatic rings. The number of rotatable bonds is 1. The van der Waals surface area contributed by atoms with Gasteiger partial charge in [-0.15, -0.1) is 0 Å². The zero-order valence-electron chi connectivity index (χ0n) is 11.3.